The molecule has 7 heteroatoms. The van der Waals surface area contributed by atoms with E-state index < -0.39 is 5.60 Å². The van der Waals surface area contributed by atoms with Crippen molar-refractivity contribution in [2.45, 2.75) is 32.8 Å². The molecule has 4 atom stereocenters. The summed E-state index contributed by atoms with van der Waals surface area (Å²) >= 11 is 0. The topological polar surface area (TPSA) is 77.4 Å². The van der Waals surface area contributed by atoms with Gasteiger partial charge in [0.25, 0.3) is 11.8 Å². The van der Waals surface area contributed by atoms with Crippen molar-refractivity contribution in [2.24, 2.45) is 28.8 Å². The Labute approximate surface area is 170 Å². The van der Waals surface area contributed by atoms with Gasteiger partial charge in [0.2, 0.25) is 5.75 Å². The number of carbonyl (C=O) groups excluding carboxylic acids is 2. The molecule has 154 valence electrons. The zero-order chi connectivity index (χ0) is 20.9. The molecule has 1 saturated heterocycles. The average molecular weight is 398 g/mol. The molecule has 0 N–H and O–H groups in total. The molecule has 2 bridgehead atoms. The smallest absolute Gasteiger partial charge is 0.254 e. The summed E-state index contributed by atoms with van der Waals surface area (Å²) in [7, 11) is 3.09. The lowest BCUT2D eigenvalue weighted by atomic mass is 9.85. The Morgan fingerprint density at radius 3 is 1.97 bits per heavy atom. The van der Waals surface area contributed by atoms with Gasteiger partial charge in [0.1, 0.15) is 5.60 Å². The summed E-state index contributed by atoms with van der Waals surface area (Å²) in [5.41, 5.74) is 0.203. The molecular weight excluding hydrogens is 372 g/mol. The minimum atomic E-state index is -0.435. The number of hydrogen-bond acceptors (Lipinski definition) is 6. The third-order valence-electron chi connectivity index (χ3n) is 5.66. The number of hydrogen-bond donors (Lipinski definition) is 0. The third kappa shape index (κ3) is 3.28. The predicted octanol–water partition coefficient (Wildman–Crippen LogP) is 3.02. The van der Waals surface area contributed by atoms with Crippen molar-refractivity contribution in [3.8, 4) is 17.2 Å². The van der Waals surface area contributed by atoms with Gasteiger partial charge in [0.05, 0.1) is 32.3 Å². The van der Waals surface area contributed by atoms with Crippen LogP contribution in [0.25, 0.3) is 0 Å². The Hall–Kier alpha value is -2.83. The van der Waals surface area contributed by atoms with Crippen molar-refractivity contribution in [1.82, 2.24) is 5.01 Å². The minimum Gasteiger partial charge on any atom is -0.493 e. The Morgan fingerprint density at radius 1 is 1.00 bits per heavy atom. The van der Waals surface area contributed by atoms with E-state index in [1.807, 2.05) is 20.8 Å². The van der Waals surface area contributed by atoms with Crippen LogP contribution in [0.4, 0.5) is 0 Å². The highest BCUT2D eigenvalue weighted by Gasteiger charge is 2.59. The molecule has 2 fully saturated rings. The second kappa shape index (κ2) is 6.90. The lowest BCUT2D eigenvalue weighted by Gasteiger charge is -2.24. The minimum absolute atomic E-state index is 0.163. The summed E-state index contributed by atoms with van der Waals surface area (Å²) in [6.45, 7) is 5.81. The molecule has 1 aromatic carbocycles. The van der Waals surface area contributed by atoms with Gasteiger partial charge < -0.3 is 14.2 Å². The van der Waals surface area contributed by atoms with Gasteiger partial charge in [-0.15, -0.1) is 0 Å². The summed E-state index contributed by atoms with van der Waals surface area (Å²) < 4.78 is 16.9. The number of carbonyl (C=O) groups is 2. The normalized spacial score (nSPS) is 27.8. The van der Waals surface area contributed by atoms with E-state index in [4.69, 9.17) is 14.2 Å². The molecule has 1 aliphatic heterocycles. The van der Waals surface area contributed by atoms with Gasteiger partial charge in [-0.1, -0.05) is 12.2 Å². The van der Waals surface area contributed by atoms with Crippen LogP contribution in [0.3, 0.4) is 0 Å². The molecule has 3 aliphatic rings. The van der Waals surface area contributed by atoms with E-state index in [2.05, 4.69) is 17.3 Å². The molecule has 1 heterocycles. The number of methoxy groups -OCH3 is 2. The lowest BCUT2D eigenvalue weighted by Crippen LogP contribution is -2.28. The first-order chi connectivity index (χ1) is 13.7. The first-order valence-electron chi connectivity index (χ1n) is 9.78. The SMILES string of the molecule is COc1cc(C=NN2C(=O)[C@@H]3[C@H](C2=O)[C@H]2C=C[C@H]3C2)cc(OC)c1OC(C)(C)C. The largest absolute Gasteiger partial charge is 0.493 e. The number of nitrogens with zero attached hydrogens (tertiary/aromatic N) is 2. The van der Waals surface area contributed by atoms with Crippen LogP contribution in [0.15, 0.2) is 29.4 Å². The Morgan fingerprint density at radius 2 is 1.52 bits per heavy atom. The number of ether oxygens (including phenoxy) is 3. The maximum Gasteiger partial charge on any atom is 0.254 e. The number of fused-ring (bicyclic) bond motifs is 5. The van der Waals surface area contributed by atoms with Crippen molar-refractivity contribution in [3.63, 3.8) is 0 Å². The van der Waals surface area contributed by atoms with Crippen LogP contribution >= 0.6 is 0 Å². The number of amides is 2. The van der Waals surface area contributed by atoms with Gasteiger partial charge in [0, 0.05) is 5.56 Å². The van der Waals surface area contributed by atoms with Crippen molar-refractivity contribution < 1.29 is 23.8 Å². The van der Waals surface area contributed by atoms with Crippen LogP contribution in [0.2, 0.25) is 0 Å². The van der Waals surface area contributed by atoms with Gasteiger partial charge in [0.15, 0.2) is 11.5 Å². The van der Waals surface area contributed by atoms with Gasteiger partial charge in [-0.05, 0) is 51.2 Å². The lowest BCUT2D eigenvalue weighted by molar-refractivity contribution is -0.140. The van der Waals surface area contributed by atoms with Crippen LogP contribution in [-0.4, -0.2) is 42.9 Å². The zero-order valence-corrected chi connectivity index (χ0v) is 17.3. The van der Waals surface area contributed by atoms with Gasteiger partial charge in [-0.2, -0.15) is 10.1 Å². The highest BCUT2D eigenvalue weighted by atomic mass is 16.5. The molecule has 29 heavy (non-hydrogen) atoms. The van der Waals surface area contributed by atoms with Crippen LogP contribution < -0.4 is 14.2 Å². The van der Waals surface area contributed by atoms with Crippen molar-refractivity contribution >= 4 is 18.0 Å². The summed E-state index contributed by atoms with van der Waals surface area (Å²) in [5, 5.41) is 5.25. The number of benzene rings is 1. The molecule has 0 spiro atoms. The monoisotopic (exact) mass is 398 g/mol. The van der Waals surface area contributed by atoms with E-state index in [1.165, 1.54) is 6.21 Å². The predicted molar refractivity (Wildman–Crippen MR) is 107 cm³/mol. The highest BCUT2D eigenvalue weighted by Crippen LogP contribution is 2.52. The fourth-order valence-electron chi connectivity index (χ4n) is 4.51. The molecule has 7 nitrogen and oxygen atoms in total. The van der Waals surface area contributed by atoms with Crippen molar-refractivity contribution in [1.29, 1.82) is 0 Å². The summed E-state index contributed by atoms with van der Waals surface area (Å²) in [6, 6.07) is 3.48. The molecular formula is C22H26N2O5. The second-order valence-corrected chi connectivity index (χ2v) is 8.70. The fraction of sp³-hybridized carbons (Fsp3) is 0.500. The van der Waals surface area contributed by atoms with Crippen LogP contribution in [-0.2, 0) is 9.59 Å². The van der Waals surface area contributed by atoms with E-state index in [0.29, 0.717) is 22.8 Å². The number of rotatable bonds is 5. The number of imide groups is 1. The Balaban J connectivity index is 1.60. The molecule has 1 saturated carbocycles. The fourth-order valence-corrected chi connectivity index (χ4v) is 4.51. The van der Waals surface area contributed by atoms with Crippen LogP contribution in [0.1, 0.15) is 32.8 Å². The Bertz CT molecular complexity index is 859. The van der Waals surface area contributed by atoms with E-state index in [1.54, 1.807) is 26.4 Å². The standard InChI is InChI=1S/C22H26N2O5/c1-22(2,3)29-19-15(27-4)8-12(9-16(19)28-5)11-23-24-20(25)17-13-6-7-14(10-13)18(17)21(24)26/h6-9,11,13-14,17-18H,10H2,1-5H3/t13-,14-,17-,18+/m0/s1. The number of allylic oxidation sites excluding steroid dienone is 2. The van der Waals surface area contributed by atoms with Gasteiger partial charge in [-0.25, -0.2) is 0 Å². The van der Waals surface area contributed by atoms with E-state index in [0.717, 1.165) is 11.4 Å². The molecule has 0 unspecified atom stereocenters. The molecule has 2 aliphatic carbocycles. The quantitative estimate of drug-likeness (QED) is 0.433. The molecule has 2 amide bonds. The first-order valence-corrected chi connectivity index (χ1v) is 9.78. The van der Waals surface area contributed by atoms with E-state index >= 15 is 0 Å². The maximum absolute atomic E-state index is 12.8. The summed E-state index contributed by atoms with van der Waals surface area (Å²) in [6.07, 6.45) is 6.51. The molecule has 4 rings (SSSR count). The average Bonchev–Trinajstić information content (AvgIpc) is 3.34. The van der Waals surface area contributed by atoms with Gasteiger partial charge >= 0.3 is 0 Å². The Kier molecular flexibility index (Phi) is 4.63. The van der Waals surface area contributed by atoms with E-state index in [-0.39, 0.29) is 35.5 Å². The summed E-state index contributed by atoms with van der Waals surface area (Å²) in [4.78, 5) is 25.5. The molecule has 0 radical (unpaired) electrons. The molecule has 1 aromatic rings. The van der Waals surface area contributed by atoms with Crippen molar-refractivity contribution in [2.75, 3.05) is 14.2 Å². The van der Waals surface area contributed by atoms with Crippen LogP contribution in [0.5, 0.6) is 17.2 Å². The van der Waals surface area contributed by atoms with E-state index in [9.17, 15) is 9.59 Å². The first kappa shape index (κ1) is 19.5. The summed E-state index contributed by atoms with van der Waals surface area (Å²) in [5.74, 6) is 0.844. The third-order valence-corrected chi connectivity index (χ3v) is 5.66. The number of hydrazone groups is 1. The van der Waals surface area contributed by atoms with Crippen molar-refractivity contribution in [3.05, 3.63) is 29.8 Å². The zero-order valence-electron chi connectivity index (χ0n) is 17.3. The van der Waals surface area contributed by atoms with Gasteiger partial charge in [-0.3, -0.25) is 9.59 Å². The maximum atomic E-state index is 12.8. The van der Waals surface area contributed by atoms with Crippen LogP contribution in [0, 0.1) is 23.7 Å². The highest BCUT2D eigenvalue weighted by molar-refractivity contribution is 6.06. The second-order valence-electron chi connectivity index (χ2n) is 8.70. The molecule has 0 aromatic heterocycles.